The quantitative estimate of drug-likeness (QED) is 0.473. The van der Waals surface area contributed by atoms with Gasteiger partial charge in [0, 0.05) is 0 Å². The zero-order valence-corrected chi connectivity index (χ0v) is 10.1. The molecule has 0 aromatic heterocycles. The van der Waals surface area contributed by atoms with E-state index >= 15 is 0 Å². The first-order valence-electron chi connectivity index (χ1n) is 2.84. The molecule has 6 heteroatoms. The predicted octanol–water partition coefficient (Wildman–Crippen LogP) is 1.74. The Bertz CT molecular complexity index is 238. The van der Waals surface area contributed by atoms with Crippen LogP contribution in [-0.2, 0) is 4.79 Å². The van der Waals surface area contributed by atoms with Crippen LogP contribution < -0.4 is 11.1 Å². The summed E-state index contributed by atoms with van der Waals surface area (Å²) in [6, 6.07) is 0. The lowest BCUT2D eigenvalue weighted by atomic mass is 10.5. The molecule has 0 radical (unpaired) electrons. The molecule has 0 spiro atoms. The van der Waals surface area contributed by atoms with E-state index in [4.69, 9.17) is 17.3 Å². The first-order valence-corrected chi connectivity index (χ1v) is 5.52. The number of hydrogen-bond donors (Lipinski definition) is 2. The van der Waals surface area contributed by atoms with E-state index in [1.807, 2.05) is 6.26 Å². The van der Waals surface area contributed by atoms with E-state index in [2.05, 4.69) is 11.9 Å². The summed E-state index contributed by atoms with van der Waals surface area (Å²) >= 11 is 8.52. The zero-order chi connectivity index (χ0) is 9.72. The summed E-state index contributed by atoms with van der Waals surface area (Å²) in [6.07, 6.45) is 1.81. The lowest BCUT2D eigenvalue weighted by Gasteiger charge is -2.04. The van der Waals surface area contributed by atoms with Crippen molar-refractivity contribution in [1.82, 2.24) is 5.32 Å². The molecule has 12 heavy (non-hydrogen) atoms. The van der Waals surface area contributed by atoms with Crippen molar-refractivity contribution < 1.29 is 4.79 Å². The molecule has 0 heterocycles. The van der Waals surface area contributed by atoms with E-state index in [0.717, 1.165) is 0 Å². The van der Waals surface area contributed by atoms with E-state index in [-0.39, 0.29) is 14.6 Å². The average molecular weight is 319 g/mol. The van der Waals surface area contributed by atoms with Gasteiger partial charge in [0.25, 0.3) is 5.91 Å². The van der Waals surface area contributed by atoms with Gasteiger partial charge < -0.3 is 11.1 Å². The van der Waals surface area contributed by atoms with Gasteiger partial charge in [-0.2, -0.15) is 0 Å². The minimum Gasteiger partial charge on any atom is -0.388 e. The molecule has 0 unspecified atom stereocenters. The lowest BCUT2D eigenvalue weighted by Crippen LogP contribution is -2.21. The molecule has 3 N–H and O–H groups in total. The van der Waals surface area contributed by atoms with Crippen molar-refractivity contribution in [3.8, 4) is 0 Å². The SMILES string of the molecule is C=C(NC(=O)/C(I)=C(\N)Cl)SC. The number of nitrogens with one attached hydrogen (secondary N) is 1. The number of rotatable bonds is 3. The molecule has 0 fully saturated rings. The van der Waals surface area contributed by atoms with Crippen LogP contribution in [0.1, 0.15) is 0 Å². The molecule has 0 bridgehead atoms. The molecule has 1 amide bonds. The summed E-state index contributed by atoms with van der Waals surface area (Å²) in [5.74, 6) is -0.331. The first kappa shape index (κ1) is 12.1. The highest BCUT2D eigenvalue weighted by atomic mass is 127. The standard InChI is InChI=1S/C6H8ClIN2OS/c1-3(12-2)10-6(11)4(8)5(7)9/h1,9H2,2H3,(H,10,11)/b5-4+. The molecule has 3 nitrogen and oxygen atoms in total. The second-order valence-electron chi connectivity index (χ2n) is 1.74. The molecule has 0 atom stereocenters. The Kier molecular flexibility index (Phi) is 5.77. The summed E-state index contributed by atoms with van der Waals surface area (Å²) < 4.78 is 0.268. The van der Waals surface area contributed by atoms with Gasteiger partial charge in [0.2, 0.25) is 0 Å². The molecule has 0 aromatic carbocycles. The first-order chi connectivity index (χ1) is 5.49. The maximum absolute atomic E-state index is 11.1. The Labute approximate surface area is 93.9 Å². The summed E-state index contributed by atoms with van der Waals surface area (Å²) in [4.78, 5) is 11.1. The molecule has 0 rings (SSSR count). The van der Waals surface area contributed by atoms with Crippen LogP contribution >= 0.6 is 46.0 Å². The molecule has 0 saturated heterocycles. The molecular formula is C6H8ClIN2OS. The number of amides is 1. The minimum atomic E-state index is -0.331. The number of nitrogens with two attached hydrogens (primary N) is 1. The lowest BCUT2D eigenvalue weighted by molar-refractivity contribution is -0.115. The van der Waals surface area contributed by atoms with Crippen molar-refractivity contribution >= 4 is 51.9 Å². The maximum Gasteiger partial charge on any atom is 0.265 e. The third-order valence-electron chi connectivity index (χ3n) is 0.908. The number of hydrogen-bond acceptors (Lipinski definition) is 3. The smallest absolute Gasteiger partial charge is 0.265 e. The van der Waals surface area contributed by atoms with E-state index in [9.17, 15) is 4.79 Å². The molecule has 0 saturated carbocycles. The van der Waals surface area contributed by atoms with Gasteiger partial charge in [-0.25, -0.2) is 0 Å². The molecule has 0 aliphatic heterocycles. The van der Waals surface area contributed by atoms with Gasteiger partial charge >= 0.3 is 0 Å². The highest BCUT2D eigenvalue weighted by molar-refractivity contribution is 14.1. The van der Waals surface area contributed by atoms with Gasteiger partial charge in [-0.05, 0) is 28.8 Å². The van der Waals surface area contributed by atoms with Crippen LogP contribution in [0.3, 0.4) is 0 Å². The Balaban J connectivity index is 4.25. The van der Waals surface area contributed by atoms with Crippen LogP contribution in [0.2, 0.25) is 0 Å². The van der Waals surface area contributed by atoms with Gasteiger partial charge in [-0.15, -0.1) is 11.8 Å². The van der Waals surface area contributed by atoms with E-state index in [0.29, 0.717) is 5.03 Å². The fourth-order valence-electron chi connectivity index (χ4n) is 0.341. The molecule has 68 valence electrons. The van der Waals surface area contributed by atoms with Crippen LogP contribution in [0.15, 0.2) is 20.3 Å². The number of thioether (sulfide) groups is 1. The Morgan fingerprint density at radius 2 is 2.25 bits per heavy atom. The molecule has 0 aliphatic carbocycles. The monoisotopic (exact) mass is 318 g/mol. The summed E-state index contributed by atoms with van der Waals surface area (Å²) in [6.45, 7) is 3.58. The van der Waals surface area contributed by atoms with Crippen molar-refractivity contribution in [1.29, 1.82) is 0 Å². The summed E-state index contributed by atoms with van der Waals surface area (Å²) in [5.41, 5.74) is 5.19. The van der Waals surface area contributed by atoms with Crippen LogP contribution in [0, 0.1) is 0 Å². The largest absolute Gasteiger partial charge is 0.388 e. The normalized spacial score (nSPS) is 11.9. The van der Waals surface area contributed by atoms with Crippen LogP contribution in [0.4, 0.5) is 0 Å². The number of carbonyl (C=O) groups is 1. The molecule has 0 aromatic rings. The van der Waals surface area contributed by atoms with Crippen LogP contribution in [0.25, 0.3) is 0 Å². The van der Waals surface area contributed by atoms with E-state index < -0.39 is 0 Å². The van der Waals surface area contributed by atoms with Crippen molar-refractivity contribution in [2.75, 3.05) is 6.26 Å². The van der Waals surface area contributed by atoms with Gasteiger partial charge in [0.1, 0.15) is 8.74 Å². The third kappa shape index (κ3) is 4.22. The predicted molar refractivity (Wildman–Crippen MR) is 61.9 cm³/mol. The van der Waals surface area contributed by atoms with Gasteiger partial charge in [-0.3, -0.25) is 4.79 Å². The minimum absolute atomic E-state index is 0.0120. The Hall–Kier alpha value is 0.120. The second kappa shape index (κ2) is 5.71. The van der Waals surface area contributed by atoms with Gasteiger partial charge in [0.05, 0.1) is 5.03 Å². The Morgan fingerprint density at radius 1 is 1.75 bits per heavy atom. The topological polar surface area (TPSA) is 55.1 Å². The summed E-state index contributed by atoms with van der Waals surface area (Å²) in [7, 11) is 0. The maximum atomic E-state index is 11.1. The fourth-order valence-corrected chi connectivity index (χ4v) is 0.756. The fraction of sp³-hybridized carbons (Fsp3) is 0.167. The van der Waals surface area contributed by atoms with Crippen molar-refractivity contribution in [3.63, 3.8) is 0 Å². The highest BCUT2D eigenvalue weighted by Gasteiger charge is 2.09. The van der Waals surface area contributed by atoms with Crippen LogP contribution in [-0.4, -0.2) is 12.2 Å². The van der Waals surface area contributed by atoms with Gasteiger partial charge in [-0.1, -0.05) is 18.2 Å². The van der Waals surface area contributed by atoms with Crippen molar-refractivity contribution in [3.05, 3.63) is 20.3 Å². The number of carbonyl (C=O) groups excluding carboxylic acids is 1. The van der Waals surface area contributed by atoms with Gasteiger partial charge in [0.15, 0.2) is 0 Å². The van der Waals surface area contributed by atoms with Crippen molar-refractivity contribution in [2.24, 2.45) is 5.73 Å². The zero-order valence-electron chi connectivity index (χ0n) is 6.36. The number of halogens is 2. The van der Waals surface area contributed by atoms with Crippen molar-refractivity contribution in [2.45, 2.75) is 0 Å². The summed E-state index contributed by atoms with van der Waals surface area (Å²) in [5, 5.41) is 3.06. The van der Waals surface area contributed by atoms with Crippen LogP contribution in [0.5, 0.6) is 0 Å². The molecular weight excluding hydrogens is 311 g/mol. The molecule has 0 aliphatic rings. The van der Waals surface area contributed by atoms with E-state index in [1.54, 1.807) is 22.6 Å². The highest BCUT2D eigenvalue weighted by Crippen LogP contribution is 2.14. The third-order valence-corrected chi connectivity index (χ3v) is 3.08. The average Bonchev–Trinajstić information content (AvgIpc) is 2.02. The second-order valence-corrected chi connectivity index (χ2v) is 4.13. The van der Waals surface area contributed by atoms with E-state index in [1.165, 1.54) is 11.8 Å². The Morgan fingerprint density at radius 3 is 2.58 bits per heavy atom.